The maximum atomic E-state index is 6.22. The molecule has 0 heterocycles. The molecule has 0 spiro atoms. The smallest absolute Gasteiger partial charge is 0.120 e. The summed E-state index contributed by atoms with van der Waals surface area (Å²) in [4.78, 5) is -2.47. The van der Waals surface area contributed by atoms with E-state index in [1.807, 2.05) is 0 Å². The highest BCUT2D eigenvalue weighted by Crippen LogP contribution is 2.73. The Morgan fingerprint density at radius 2 is 1.50 bits per heavy atom. The predicted octanol–water partition coefficient (Wildman–Crippen LogP) is 4.83. The number of hydrogen-bond acceptors (Lipinski definition) is 0. The highest BCUT2D eigenvalue weighted by Gasteiger charge is 2.78. The van der Waals surface area contributed by atoms with E-state index in [4.69, 9.17) is 81.2 Å². The third kappa shape index (κ3) is 1.03. The summed E-state index contributed by atoms with van der Waals surface area (Å²) in [5, 5.41) is -0.198. The lowest BCUT2D eigenvalue weighted by atomic mass is 10.1. The minimum atomic E-state index is -1.48. The largest absolute Gasteiger partial charge is 0.167 e. The van der Waals surface area contributed by atoms with Gasteiger partial charge in [-0.1, -0.05) is 46.4 Å². The molecular formula is C7H3Cl7. The molecule has 0 radical (unpaired) electrons. The van der Waals surface area contributed by atoms with Gasteiger partial charge < -0.3 is 0 Å². The maximum absolute atomic E-state index is 6.22. The monoisotopic (exact) mass is 332 g/mol. The summed E-state index contributed by atoms with van der Waals surface area (Å²) in [6.45, 7) is 0. The van der Waals surface area contributed by atoms with Crippen LogP contribution < -0.4 is 0 Å². The molecule has 0 unspecified atom stereocenters. The zero-order valence-corrected chi connectivity index (χ0v) is 11.7. The molecule has 7 heteroatoms. The minimum absolute atomic E-state index is 0.145. The number of alkyl halides is 5. The molecule has 1 fully saturated rings. The molecule has 2 bridgehead atoms. The standard InChI is InChI=1S/C7H3Cl7/c8-2-1-5(11)3(9)4(10)6(2,12)7(5,13)14/h2H,1H2/t2-,5-,6+/m0/s1. The summed E-state index contributed by atoms with van der Waals surface area (Å²) in [6, 6.07) is 0. The molecule has 0 aromatic carbocycles. The minimum Gasteiger partial charge on any atom is -0.120 e. The molecule has 2 rings (SSSR count). The Hall–Kier alpha value is 1.77. The van der Waals surface area contributed by atoms with Gasteiger partial charge in [-0.2, -0.15) is 0 Å². The Bertz CT molecular complexity index is 335. The van der Waals surface area contributed by atoms with Gasteiger partial charge >= 0.3 is 0 Å². The van der Waals surface area contributed by atoms with E-state index in [2.05, 4.69) is 0 Å². The Morgan fingerprint density at radius 1 is 1.00 bits per heavy atom. The first-order valence-electron chi connectivity index (χ1n) is 3.65. The van der Waals surface area contributed by atoms with E-state index >= 15 is 0 Å². The molecule has 1 saturated carbocycles. The second-order valence-corrected chi connectivity index (χ2v) is 7.24. The zero-order chi connectivity index (χ0) is 10.9. The Kier molecular flexibility index (Phi) is 2.76. The van der Waals surface area contributed by atoms with Gasteiger partial charge in [-0.15, -0.1) is 34.8 Å². The average Bonchev–Trinajstić information content (AvgIpc) is 2.27. The molecule has 0 aromatic rings. The normalized spacial score (nSPS) is 50.4. The lowest BCUT2D eigenvalue weighted by molar-refractivity contribution is 0.684. The fourth-order valence-electron chi connectivity index (χ4n) is 1.84. The van der Waals surface area contributed by atoms with Crippen LogP contribution in [0.3, 0.4) is 0 Å². The number of fused-ring (bicyclic) bond motifs is 2. The Morgan fingerprint density at radius 3 is 1.79 bits per heavy atom. The van der Waals surface area contributed by atoms with Crippen LogP contribution in [0.1, 0.15) is 6.42 Å². The predicted molar refractivity (Wildman–Crippen MR) is 64.6 cm³/mol. The molecule has 3 atom stereocenters. The van der Waals surface area contributed by atoms with Crippen LogP contribution in [0.4, 0.5) is 0 Å². The van der Waals surface area contributed by atoms with Gasteiger partial charge in [0.1, 0.15) is 9.75 Å². The summed E-state index contributed by atoms with van der Waals surface area (Å²) < 4.78 is -1.48. The van der Waals surface area contributed by atoms with Crippen molar-refractivity contribution in [1.29, 1.82) is 0 Å². The van der Waals surface area contributed by atoms with E-state index in [-0.39, 0.29) is 10.1 Å². The van der Waals surface area contributed by atoms with Gasteiger partial charge in [0, 0.05) is 0 Å². The number of allylic oxidation sites excluding steroid dienone is 2. The summed E-state index contributed by atoms with van der Waals surface area (Å²) in [6.07, 6.45) is 0.293. The maximum Gasteiger partial charge on any atom is 0.167 e. The van der Waals surface area contributed by atoms with Crippen molar-refractivity contribution in [3.8, 4) is 0 Å². The fraction of sp³-hybridized carbons (Fsp3) is 0.714. The molecule has 0 nitrogen and oxygen atoms in total. The van der Waals surface area contributed by atoms with E-state index < -0.39 is 19.5 Å². The van der Waals surface area contributed by atoms with Gasteiger partial charge in [-0.3, -0.25) is 0 Å². The highest BCUT2D eigenvalue weighted by atomic mass is 35.5. The van der Waals surface area contributed by atoms with Crippen molar-refractivity contribution < 1.29 is 0 Å². The van der Waals surface area contributed by atoms with Crippen molar-refractivity contribution in [1.82, 2.24) is 0 Å². The van der Waals surface area contributed by atoms with E-state index in [0.717, 1.165) is 0 Å². The summed E-state index contributed by atoms with van der Waals surface area (Å²) >= 11 is 42.6. The molecule has 2 aliphatic carbocycles. The first-order valence-corrected chi connectivity index (χ1v) is 6.36. The molecule has 0 amide bonds. The molecule has 80 valence electrons. The molecule has 0 saturated heterocycles. The second-order valence-electron chi connectivity index (χ2n) is 3.39. The summed E-state index contributed by atoms with van der Waals surface area (Å²) in [7, 11) is 0. The van der Waals surface area contributed by atoms with Crippen LogP contribution >= 0.6 is 81.2 Å². The van der Waals surface area contributed by atoms with E-state index in [0.29, 0.717) is 6.42 Å². The van der Waals surface area contributed by atoms with Crippen LogP contribution in [0.2, 0.25) is 0 Å². The quantitative estimate of drug-likeness (QED) is 0.556. The lowest BCUT2D eigenvalue weighted by Gasteiger charge is -2.31. The van der Waals surface area contributed by atoms with E-state index in [9.17, 15) is 0 Å². The molecule has 2 aliphatic rings. The second kappa shape index (κ2) is 3.16. The average molecular weight is 335 g/mol. The SMILES string of the molecule is ClC1=C(Cl)[C@]2(Cl)[C@@H](Cl)C[C@@]1(Cl)C2(Cl)Cl. The summed E-state index contributed by atoms with van der Waals surface area (Å²) in [5.41, 5.74) is 0. The van der Waals surface area contributed by atoms with E-state index in [1.165, 1.54) is 0 Å². The van der Waals surface area contributed by atoms with Gasteiger partial charge in [0.25, 0.3) is 0 Å². The molecule has 0 N–H and O–H groups in total. The Labute approximate surface area is 116 Å². The number of hydrogen-bond donors (Lipinski definition) is 0. The number of halogens is 7. The summed E-state index contributed by atoms with van der Waals surface area (Å²) in [5.74, 6) is 0. The first kappa shape index (κ1) is 12.2. The van der Waals surface area contributed by atoms with Crippen LogP contribution in [0.15, 0.2) is 10.1 Å². The fourth-order valence-corrected chi connectivity index (χ4v) is 5.26. The van der Waals surface area contributed by atoms with Gasteiger partial charge in [0.15, 0.2) is 4.33 Å². The van der Waals surface area contributed by atoms with Crippen LogP contribution in [0.5, 0.6) is 0 Å². The van der Waals surface area contributed by atoms with Crippen molar-refractivity contribution in [3.63, 3.8) is 0 Å². The van der Waals surface area contributed by atoms with E-state index in [1.54, 1.807) is 0 Å². The van der Waals surface area contributed by atoms with Crippen molar-refractivity contribution in [3.05, 3.63) is 10.1 Å². The van der Waals surface area contributed by atoms with Crippen molar-refractivity contribution >= 4 is 81.2 Å². The van der Waals surface area contributed by atoms with Gasteiger partial charge in [-0.25, -0.2) is 0 Å². The topological polar surface area (TPSA) is 0 Å². The highest BCUT2D eigenvalue weighted by molar-refractivity contribution is 6.66. The number of rotatable bonds is 0. The zero-order valence-electron chi connectivity index (χ0n) is 6.43. The van der Waals surface area contributed by atoms with Crippen LogP contribution in [0, 0.1) is 0 Å². The van der Waals surface area contributed by atoms with Crippen molar-refractivity contribution in [2.45, 2.75) is 25.9 Å². The van der Waals surface area contributed by atoms with Gasteiger partial charge in [-0.05, 0) is 6.42 Å². The van der Waals surface area contributed by atoms with Crippen molar-refractivity contribution in [2.75, 3.05) is 0 Å². The third-order valence-corrected chi connectivity index (χ3v) is 7.58. The lowest BCUT2D eigenvalue weighted by Crippen LogP contribution is -2.44. The van der Waals surface area contributed by atoms with Crippen LogP contribution in [-0.2, 0) is 0 Å². The van der Waals surface area contributed by atoms with Gasteiger partial charge in [0.2, 0.25) is 0 Å². The molecular weight excluding hydrogens is 332 g/mol. The van der Waals surface area contributed by atoms with Crippen LogP contribution in [0.25, 0.3) is 0 Å². The molecule has 14 heavy (non-hydrogen) atoms. The van der Waals surface area contributed by atoms with Gasteiger partial charge in [0.05, 0.1) is 15.4 Å². The first-order chi connectivity index (χ1) is 6.19. The van der Waals surface area contributed by atoms with Crippen LogP contribution in [-0.4, -0.2) is 19.5 Å². The van der Waals surface area contributed by atoms with Crippen molar-refractivity contribution in [2.24, 2.45) is 0 Å². The molecule has 0 aromatic heterocycles. The third-order valence-electron chi connectivity index (χ3n) is 2.71. The molecule has 0 aliphatic heterocycles. The Balaban J connectivity index is 2.70.